The van der Waals surface area contributed by atoms with Crippen molar-refractivity contribution in [3.8, 4) is 11.4 Å². The molecule has 3 nitrogen and oxygen atoms in total. The Labute approximate surface area is 180 Å². The number of halogens is 5. The van der Waals surface area contributed by atoms with Crippen LogP contribution in [0.2, 0.25) is 10.0 Å². The van der Waals surface area contributed by atoms with Crippen LogP contribution in [0.3, 0.4) is 0 Å². The summed E-state index contributed by atoms with van der Waals surface area (Å²) in [4.78, 5) is 8.79. The number of alkyl halides is 3. The van der Waals surface area contributed by atoms with Crippen LogP contribution >= 0.6 is 23.2 Å². The van der Waals surface area contributed by atoms with E-state index in [4.69, 9.17) is 23.2 Å². The van der Waals surface area contributed by atoms with Gasteiger partial charge >= 0.3 is 6.18 Å². The Morgan fingerprint density at radius 1 is 0.833 bits per heavy atom. The predicted molar refractivity (Wildman–Crippen MR) is 114 cm³/mol. The Morgan fingerprint density at radius 3 is 2.33 bits per heavy atom. The molecular formula is C22H14Cl2F3N3. The summed E-state index contributed by atoms with van der Waals surface area (Å²) in [5, 5.41) is 4.75. The molecule has 4 rings (SSSR count). The molecule has 1 heterocycles. The van der Waals surface area contributed by atoms with Gasteiger partial charge in [-0.25, -0.2) is 9.97 Å². The molecule has 1 N–H and O–H groups in total. The SMILES string of the molecule is FC(F)(F)c1ccccc1-c1nc(NCc2ccc(Cl)c(Cl)c2)c2ccccc2n1. The maximum atomic E-state index is 13.5. The van der Waals surface area contributed by atoms with Crippen molar-refractivity contribution in [3.05, 3.63) is 87.9 Å². The summed E-state index contributed by atoms with van der Waals surface area (Å²) in [5.41, 5.74) is 0.532. The number of para-hydroxylation sites is 1. The zero-order valence-corrected chi connectivity index (χ0v) is 16.9. The van der Waals surface area contributed by atoms with Gasteiger partial charge in [-0.05, 0) is 35.9 Å². The summed E-state index contributed by atoms with van der Waals surface area (Å²) in [6.07, 6.45) is -4.51. The Kier molecular flexibility index (Phi) is 5.54. The normalized spacial score (nSPS) is 11.6. The third-order valence-corrected chi connectivity index (χ3v) is 5.26. The molecule has 0 aliphatic rings. The van der Waals surface area contributed by atoms with E-state index in [2.05, 4.69) is 15.3 Å². The lowest BCUT2D eigenvalue weighted by Crippen LogP contribution is -2.09. The number of rotatable bonds is 4. The number of nitrogens with zero attached hydrogens (tertiary/aromatic N) is 2. The fourth-order valence-electron chi connectivity index (χ4n) is 3.09. The van der Waals surface area contributed by atoms with E-state index < -0.39 is 11.7 Å². The van der Waals surface area contributed by atoms with Gasteiger partial charge in [-0.15, -0.1) is 0 Å². The monoisotopic (exact) mass is 447 g/mol. The zero-order valence-electron chi connectivity index (χ0n) is 15.3. The summed E-state index contributed by atoms with van der Waals surface area (Å²) in [6.45, 7) is 0.359. The van der Waals surface area contributed by atoms with Crippen molar-refractivity contribution >= 4 is 39.9 Å². The molecule has 0 radical (unpaired) electrons. The molecule has 0 aliphatic carbocycles. The van der Waals surface area contributed by atoms with Gasteiger partial charge < -0.3 is 5.32 Å². The van der Waals surface area contributed by atoms with Crippen LogP contribution in [-0.4, -0.2) is 9.97 Å². The topological polar surface area (TPSA) is 37.8 Å². The third kappa shape index (κ3) is 4.20. The molecule has 152 valence electrons. The molecule has 0 atom stereocenters. The molecule has 4 aromatic rings. The molecule has 0 saturated carbocycles. The standard InChI is InChI=1S/C22H14Cl2F3N3/c23-17-10-9-13(11-18(17)24)12-28-20-15-6-2-4-8-19(15)29-21(30-20)14-5-1-3-7-16(14)22(25,26)27/h1-11H,12H2,(H,28,29,30). The average molecular weight is 448 g/mol. The number of hydrogen-bond acceptors (Lipinski definition) is 3. The first-order valence-corrected chi connectivity index (χ1v) is 9.70. The van der Waals surface area contributed by atoms with Crippen LogP contribution in [0, 0.1) is 0 Å². The van der Waals surface area contributed by atoms with Crippen LogP contribution in [0.1, 0.15) is 11.1 Å². The van der Waals surface area contributed by atoms with Crippen LogP contribution in [0.5, 0.6) is 0 Å². The molecule has 8 heteroatoms. The van der Waals surface area contributed by atoms with Gasteiger partial charge in [-0.1, -0.05) is 59.6 Å². The van der Waals surface area contributed by atoms with E-state index in [-0.39, 0.29) is 11.4 Å². The van der Waals surface area contributed by atoms with Crippen molar-refractivity contribution in [2.24, 2.45) is 0 Å². The minimum absolute atomic E-state index is 0.00161. The number of benzene rings is 3. The minimum Gasteiger partial charge on any atom is -0.365 e. The lowest BCUT2D eigenvalue weighted by atomic mass is 10.1. The molecule has 3 aromatic carbocycles. The predicted octanol–water partition coefficient (Wildman–Crippen LogP) is 7.23. The second-order valence-electron chi connectivity index (χ2n) is 6.56. The van der Waals surface area contributed by atoms with E-state index in [1.165, 1.54) is 18.2 Å². The van der Waals surface area contributed by atoms with Crippen LogP contribution < -0.4 is 5.32 Å². The van der Waals surface area contributed by atoms with Crippen molar-refractivity contribution in [2.45, 2.75) is 12.7 Å². The molecule has 30 heavy (non-hydrogen) atoms. The van der Waals surface area contributed by atoms with Gasteiger partial charge in [0.1, 0.15) is 5.82 Å². The van der Waals surface area contributed by atoms with E-state index in [0.29, 0.717) is 33.3 Å². The minimum atomic E-state index is -4.51. The van der Waals surface area contributed by atoms with Crippen molar-refractivity contribution < 1.29 is 13.2 Å². The molecule has 0 bridgehead atoms. The quantitative estimate of drug-likeness (QED) is 0.358. The smallest absolute Gasteiger partial charge is 0.365 e. The summed E-state index contributed by atoms with van der Waals surface area (Å²) >= 11 is 12.0. The molecule has 0 saturated heterocycles. The van der Waals surface area contributed by atoms with E-state index in [9.17, 15) is 13.2 Å². The number of anilines is 1. The average Bonchev–Trinajstić information content (AvgIpc) is 2.73. The molecule has 0 amide bonds. The van der Waals surface area contributed by atoms with Gasteiger partial charge in [0.05, 0.1) is 21.1 Å². The van der Waals surface area contributed by atoms with Crippen molar-refractivity contribution in [3.63, 3.8) is 0 Å². The van der Waals surface area contributed by atoms with Crippen molar-refractivity contribution in [1.29, 1.82) is 0 Å². The lowest BCUT2D eigenvalue weighted by Gasteiger charge is -2.14. The van der Waals surface area contributed by atoms with Crippen molar-refractivity contribution in [2.75, 3.05) is 5.32 Å². The molecule has 0 spiro atoms. The highest BCUT2D eigenvalue weighted by Crippen LogP contribution is 2.37. The molecule has 0 aliphatic heterocycles. The highest BCUT2D eigenvalue weighted by Gasteiger charge is 2.34. The maximum absolute atomic E-state index is 13.5. The van der Waals surface area contributed by atoms with Crippen LogP contribution in [0.25, 0.3) is 22.3 Å². The second-order valence-corrected chi connectivity index (χ2v) is 7.37. The Bertz CT molecular complexity index is 1230. The number of hydrogen-bond donors (Lipinski definition) is 1. The van der Waals surface area contributed by atoms with Gasteiger partial charge in [0, 0.05) is 17.5 Å². The highest BCUT2D eigenvalue weighted by atomic mass is 35.5. The van der Waals surface area contributed by atoms with E-state index in [0.717, 1.165) is 11.6 Å². The van der Waals surface area contributed by atoms with Crippen LogP contribution in [0.4, 0.5) is 19.0 Å². The first-order chi connectivity index (χ1) is 14.3. The maximum Gasteiger partial charge on any atom is 0.417 e. The molecule has 0 fully saturated rings. The first-order valence-electron chi connectivity index (χ1n) is 8.94. The second kappa shape index (κ2) is 8.13. The Morgan fingerprint density at radius 2 is 1.57 bits per heavy atom. The molecular weight excluding hydrogens is 434 g/mol. The fourth-order valence-corrected chi connectivity index (χ4v) is 3.41. The summed E-state index contributed by atoms with van der Waals surface area (Å²) in [7, 11) is 0. The zero-order chi connectivity index (χ0) is 21.3. The largest absolute Gasteiger partial charge is 0.417 e. The number of nitrogens with one attached hydrogen (secondary N) is 1. The third-order valence-electron chi connectivity index (χ3n) is 4.52. The van der Waals surface area contributed by atoms with Crippen molar-refractivity contribution in [1.82, 2.24) is 9.97 Å². The number of fused-ring (bicyclic) bond motifs is 1. The van der Waals surface area contributed by atoms with Gasteiger partial charge in [0.15, 0.2) is 5.82 Å². The summed E-state index contributed by atoms with van der Waals surface area (Å²) in [5.74, 6) is 0.428. The van der Waals surface area contributed by atoms with E-state index in [1.807, 2.05) is 18.2 Å². The number of aromatic nitrogens is 2. The van der Waals surface area contributed by atoms with E-state index in [1.54, 1.807) is 24.3 Å². The van der Waals surface area contributed by atoms with Crippen LogP contribution in [-0.2, 0) is 12.7 Å². The van der Waals surface area contributed by atoms with Crippen LogP contribution in [0.15, 0.2) is 66.7 Å². The Hall–Kier alpha value is -2.83. The van der Waals surface area contributed by atoms with Gasteiger partial charge in [0.2, 0.25) is 0 Å². The molecule has 0 unspecified atom stereocenters. The fraction of sp³-hybridized carbons (Fsp3) is 0.0909. The Balaban J connectivity index is 1.78. The van der Waals surface area contributed by atoms with Gasteiger partial charge in [-0.3, -0.25) is 0 Å². The van der Waals surface area contributed by atoms with Gasteiger partial charge in [0.25, 0.3) is 0 Å². The first kappa shape index (κ1) is 20.4. The summed E-state index contributed by atoms with van der Waals surface area (Å²) in [6, 6.07) is 17.6. The summed E-state index contributed by atoms with van der Waals surface area (Å²) < 4.78 is 40.5. The highest BCUT2D eigenvalue weighted by molar-refractivity contribution is 6.42. The van der Waals surface area contributed by atoms with E-state index >= 15 is 0 Å². The lowest BCUT2D eigenvalue weighted by molar-refractivity contribution is -0.137. The van der Waals surface area contributed by atoms with Gasteiger partial charge in [-0.2, -0.15) is 13.2 Å². The molecule has 1 aromatic heterocycles.